The SMILES string of the molecule is O=C(Nc1ccccc1Cl)Nc1ccc(Cl)cc1I. The predicted octanol–water partition coefficient (Wildman–Crippen LogP) is 5.24. The van der Waals surface area contributed by atoms with Crippen LogP contribution in [0.15, 0.2) is 42.5 Å². The van der Waals surface area contributed by atoms with E-state index >= 15 is 0 Å². The number of carbonyl (C=O) groups is 1. The second kappa shape index (κ2) is 6.45. The first-order valence-electron chi connectivity index (χ1n) is 5.34. The van der Waals surface area contributed by atoms with Gasteiger partial charge in [0.2, 0.25) is 0 Å². The molecule has 2 amide bonds. The monoisotopic (exact) mass is 406 g/mol. The number of para-hydroxylation sites is 1. The first-order valence-corrected chi connectivity index (χ1v) is 7.17. The number of urea groups is 1. The number of carbonyl (C=O) groups excluding carboxylic acids is 1. The quantitative estimate of drug-likeness (QED) is 0.657. The zero-order valence-corrected chi connectivity index (χ0v) is 13.3. The number of nitrogens with one attached hydrogen (secondary N) is 2. The molecule has 0 aliphatic heterocycles. The number of halogens is 3. The summed E-state index contributed by atoms with van der Waals surface area (Å²) in [4.78, 5) is 11.9. The minimum Gasteiger partial charge on any atom is -0.307 e. The van der Waals surface area contributed by atoms with E-state index in [0.29, 0.717) is 21.4 Å². The molecular formula is C13H9Cl2IN2O. The smallest absolute Gasteiger partial charge is 0.307 e. The van der Waals surface area contributed by atoms with Crippen LogP contribution in [0.5, 0.6) is 0 Å². The van der Waals surface area contributed by atoms with E-state index in [1.54, 1.807) is 42.5 Å². The first-order chi connectivity index (χ1) is 9.06. The van der Waals surface area contributed by atoms with Crippen molar-refractivity contribution in [3.8, 4) is 0 Å². The van der Waals surface area contributed by atoms with Crippen LogP contribution in [0.3, 0.4) is 0 Å². The largest absolute Gasteiger partial charge is 0.323 e. The average Bonchev–Trinajstić information content (AvgIpc) is 2.36. The Hall–Kier alpha value is -0.980. The van der Waals surface area contributed by atoms with E-state index in [2.05, 4.69) is 33.2 Å². The van der Waals surface area contributed by atoms with E-state index < -0.39 is 0 Å². The standard InChI is InChI=1S/C13H9Cl2IN2O/c14-8-5-6-12(10(16)7-8)18-13(19)17-11-4-2-1-3-9(11)15/h1-7H,(H2,17,18,19). The molecule has 19 heavy (non-hydrogen) atoms. The van der Waals surface area contributed by atoms with Crippen molar-refractivity contribution in [3.63, 3.8) is 0 Å². The lowest BCUT2D eigenvalue weighted by atomic mass is 10.3. The molecule has 0 radical (unpaired) electrons. The lowest BCUT2D eigenvalue weighted by Crippen LogP contribution is -2.20. The van der Waals surface area contributed by atoms with Crippen LogP contribution in [0.4, 0.5) is 16.2 Å². The van der Waals surface area contributed by atoms with Gasteiger partial charge in [-0.15, -0.1) is 0 Å². The third kappa shape index (κ3) is 3.99. The van der Waals surface area contributed by atoms with Crippen LogP contribution in [0.2, 0.25) is 10.0 Å². The highest BCUT2D eigenvalue weighted by Crippen LogP contribution is 2.24. The van der Waals surface area contributed by atoms with Crippen LogP contribution in [0, 0.1) is 3.57 Å². The van der Waals surface area contributed by atoms with Crippen molar-refractivity contribution in [3.05, 3.63) is 56.1 Å². The van der Waals surface area contributed by atoms with Crippen molar-refractivity contribution in [1.82, 2.24) is 0 Å². The Labute approximate surface area is 134 Å². The van der Waals surface area contributed by atoms with Gasteiger partial charge in [-0.25, -0.2) is 4.79 Å². The van der Waals surface area contributed by atoms with Crippen LogP contribution in [-0.4, -0.2) is 6.03 Å². The molecule has 6 heteroatoms. The number of hydrogen-bond acceptors (Lipinski definition) is 1. The molecule has 3 nitrogen and oxygen atoms in total. The summed E-state index contributed by atoms with van der Waals surface area (Å²) in [7, 11) is 0. The number of hydrogen-bond donors (Lipinski definition) is 2. The van der Waals surface area contributed by atoms with Crippen molar-refractivity contribution in [1.29, 1.82) is 0 Å². The Balaban J connectivity index is 2.08. The summed E-state index contributed by atoms with van der Waals surface area (Å²) >= 11 is 13.9. The highest BCUT2D eigenvalue weighted by molar-refractivity contribution is 14.1. The molecule has 0 fully saturated rings. The summed E-state index contributed by atoms with van der Waals surface area (Å²) in [5.41, 5.74) is 1.25. The van der Waals surface area contributed by atoms with Gasteiger partial charge in [0.15, 0.2) is 0 Å². The molecule has 2 N–H and O–H groups in total. The summed E-state index contributed by atoms with van der Waals surface area (Å²) < 4.78 is 0.861. The Morgan fingerprint density at radius 3 is 2.37 bits per heavy atom. The normalized spacial score (nSPS) is 10.1. The maximum absolute atomic E-state index is 11.9. The van der Waals surface area contributed by atoms with Gasteiger partial charge in [0, 0.05) is 8.59 Å². The van der Waals surface area contributed by atoms with Gasteiger partial charge in [0.1, 0.15) is 0 Å². The Morgan fingerprint density at radius 1 is 1.00 bits per heavy atom. The molecule has 0 saturated heterocycles. The van der Waals surface area contributed by atoms with Gasteiger partial charge < -0.3 is 10.6 Å². The first kappa shape index (κ1) is 14.4. The van der Waals surface area contributed by atoms with Gasteiger partial charge in [-0.1, -0.05) is 35.3 Å². The van der Waals surface area contributed by atoms with Crippen LogP contribution >= 0.6 is 45.8 Å². The molecule has 0 aromatic heterocycles. The average molecular weight is 407 g/mol. The molecule has 2 aromatic carbocycles. The predicted molar refractivity (Wildman–Crippen MR) is 88.3 cm³/mol. The number of rotatable bonds is 2. The fourth-order valence-electron chi connectivity index (χ4n) is 1.43. The van der Waals surface area contributed by atoms with Gasteiger partial charge in [0.05, 0.1) is 16.4 Å². The highest BCUT2D eigenvalue weighted by atomic mass is 127. The second-order valence-corrected chi connectivity index (χ2v) is 5.69. The summed E-state index contributed by atoms with van der Waals surface area (Å²) in [5, 5.41) is 6.54. The molecule has 0 spiro atoms. The van der Waals surface area contributed by atoms with E-state index in [0.717, 1.165) is 3.57 Å². The Kier molecular flexibility index (Phi) is 4.90. The summed E-state index contributed by atoms with van der Waals surface area (Å²) in [6.45, 7) is 0. The fourth-order valence-corrected chi connectivity index (χ4v) is 2.62. The van der Waals surface area contributed by atoms with Crippen LogP contribution in [0.1, 0.15) is 0 Å². The third-order valence-corrected chi connectivity index (χ3v) is 3.76. The van der Waals surface area contributed by atoms with E-state index in [9.17, 15) is 4.79 Å². The minimum absolute atomic E-state index is 0.353. The topological polar surface area (TPSA) is 41.1 Å². The van der Waals surface area contributed by atoms with Crippen LogP contribution < -0.4 is 10.6 Å². The van der Waals surface area contributed by atoms with Gasteiger partial charge in [-0.2, -0.15) is 0 Å². The van der Waals surface area contributed by atoms with Crippen molar-refractivity contribution >= 4 is 63.2 Å². The maximum atomic E-state index is 11.9. The van der Waals surface area contributed by atoms with E-state index in [4.69, 9.17) is 23.2 Å². The number of amides is 2. The third-order valence-electron chi connectivity index (χ3n) is 2.30. The molecule has 0 bridgehead atoms. The van der Waals surface area contributed by atoms with Crippen molar-refractivity contribution < 1.29 is 4.79 Å². The van der Waals surface area contributed by atoms with Crippen molar-refractivity contribution in [2.75, 3.05) is 10.6 Å². The van der Waals surface area contributed by atoms with Gasteiger partial charge in [-0.05, 0) is 52.9 Å². The summed E-state index contributed by atoms with van der Waals surface area (Å²) in [5.74, 6) is 0. The van der Waals surface area contributed by atoms with E-state index in [1.165, 1.54) is 0 Å². The number of anilines is 2. The fraction of sp³-hybridized carbons (Fsp3) is 0. The minimum atomic E-state index is -0.353. The van der Waals surface area contributed by atoms with Crippen LogP contribution in [-0.2, 0) is 0 Å². The molecule has 2 aromatic rings. The van der Waals surface area contributed by atoms with Gasteiger partial charge >= 0.3 is 6.03 Å². The lowest BCUT2D eigenvalue weighted by Gasteiger charge is -2.10. The van der Waals surface area contributed by atoms with Gasteiger partial charge in [-0.3, -0.25) is 0 Å². The Bertz CT molecular complexity index is 619. The molecule has 0 aliphatic rings. The lowest BCUT2D eigenvalue weighted by molar-refractivity contribution is 0.262. The summed E-state index contributed by atoms with van der Waals surface area (Å²) in [6.07, 6.45) is 0. The molecule has 0 atom stereocenters. The molecule has 2 rings (SSSR count). The Morgan fingerprint density at radius 2 is 1.68 bits per heavy atom. The van der Waals surface area contributed by atoms with Crippen molar-refractivity contribution in [2.24, 2.45) is 0 Å². The molecule has 98 valence electrons. The zero-order valence-electron chi connectivity index (χ0n) is 9.58. The zero-order chi connectivity index (χ0) is 13.8. The van der Waals surface area contributed by atoms with E-state index in [-0.39, 0.29) is 6.03 Å². The summed E-state index contributed by atoms with van der Waals surface area (Å²) in [6, 6.07) is 11.9. The van der Waals surface area contributed by atoms with Gasteiger partial charge in [0.25, 0.3) is 0 Å². The molecule has 0 heterocycles. The molecule has 0 unspecified atom stereocenters. The molecule has 0 aliphatic carbocycles. The highest BCUT2D eigenvalue weighted by Gasteiger charge is 2.07. The maximum Gasteiger partial charge on any atom is 0.323 e. The molecular weight excluding hydrogens is 398 g/mol. The molecule has 0 saturated carbocycles. The second-order valence-electron chi connectivity index (χ2n) is 3.68. The van der Waals surface area contributed by atoms with E-state index in [1.807, 2.05) is 0 Å². The number of benzene rings is 2. The van der Waals surface area contributed by atoms with Crippen LogP contribution in [0.25, 0.3) is 0 Å². The van der Waals surface area contributed by atoms with Crippen molar-refractivity contribution in [2.45, 2.75) is 0 Å².